The van der Waals surface area contributed by atoms with Crippen LogP contribution in [0.25, 0.3) is 5.69 Å². The lowest BCUT2D eigenvalue weighted by molar-refractivity contribution is 0.0471. The molecule has 2 heterocycles. The highest BCUT2D eigenvalue weighted by molar-refractivity contribution is 5.91. The monoisotopic (exact) mass is 386 g/mol. The first-order valence-corrected chi connectivity index (χ1v) is 9.46. The van der Waals surface area contributed by atoms with Crippen LogP contribution in [0.1, 0.15) is 32.9 Å². The van der Waals surface area contributed by atoms with Crippen molar-refractivity contribution in [1.29, 1.82) is 0 Å². The number of esters is 1. The fourth-order valence-corrected chi connectivity index (χ4v) is 3.29. The number of aromatic nitrogens is 4. The van der Waals surface area contributed by atoms with Crippen LogP contribution in [0.2, 0.25) is 0 Å². The number of hydrogen-bond acceptors (Lipinski definition) is 4. The second-order valence-corrected chi connectivity index (χ2v) is 6.88. The molecule has 6 heteroatoms. The van der Waals surface area contributed by atoms with Gasteiger partial charge in [0.1, 0.15) is 12.2 Å². The molecule has 0 radical (unpaired) electrons. The highest BCUT2D eigenvalue weighted by Gasteiger charge is 2.20. The number of benzene rings is 2. The third-order valence-corrected chi connectivity index (χ3v) is 4.84. The summed E-state index contributed by atoms with van der Waals surface area (Å²) >= 11 is 0. The van der Waals surface area contributed by atoms with Gasteiger partial charge in [0.05, 0.1) is 23.6 Å². The van der Waals surface area contributed by atoms with E-state index in [-0.39, 0.29) is 12.6 Å². The first-order valence-electron chi connectivity index (χ1n) is 9.46. The van der Waals surface area contributed by atoms with Crippen molar-refractivity contribution >= 4 is 5.97 Å². The predicted octanol–water partition coefficient (Wildman–Crippen LogP) is 4.09. The molecular weight excluding hydrogens is 364 g/mol. The van der Waals surface area contributed by atoms with Crippen LogP contribution in [0.5, 0.6) is 0 Å². The smallest absolute Gasteiger partial charge is 0.342 e. The van der Waals surface area contributed by atoms with Crippen molar-refractivity contribution in [2.45, 2.75) is 27.0 Å². The van der Waals surface area contributed by atoms with Gasteiger partial charge in [-0.1, -0.05) is 42.5 Å². The minimum absolute atomic E-state index is 0.209. The predicted molar refractivity (Wildman–Crippen MR) is 110 cm³/mol. The van der Waals surface area contributed by atoms with Crippen LogP contribution in [-0.4, -0.2) is 25.5 Å². The Hall–Kier alpha value is -3.67. The van der Waals surface area contributed by atoms with Gasteiger partial charge in [-0.05, 0) is 43.2 Å². The molecule has 0 fully saturated rings. The molecule has 146 valence electrons. The summed E-state index contributed by atoms with van der Waals surface area (Å²) in [6.45, 7) is 4.57. The first kappa shape index (κ1) is 18.7. The van der Waals surface area contributed by atoms with E-state index in [0.29, 0.717) is 17.8 Å². The summed E-state index contributed by atoms with van der Waals surface area (Å²) in [7, 11) is 0. The van der Waals surface area contributed by atoms with Crippen LogP contribution >= 0.6 is 0 Å². The molecule has 2 aromatic heterocycles. The lowest BCUT2D eigenvalue weighted by Crippen LogP contribution is -2.09. The van der Waals surface area contributed by atoms with Gasteiger partial charge >= 0.3 is 5.97 Å². The van der Waals surface area contributed by atoms with Gasteiger partial charge in [0.2, 0.25) is 0 Å². The number of carbonyl (C=O) groups is 1. The van der Waals surface area contributed by atoms with E-state index in [0.717, 1.165) is 22.5 Å². The van der Waals surface area contributed by atoms with E-state index in [4.69, 9.17) is 4.74 Å². The normalized spacial score (nSPS) is 10.8. The summed E-state index contributed by atoms with van der Waals surface area (Å²) in [4.78, 5) is 12.7. The second kappa shape index (κ2) is 8.14. The fraction of sp³-hybridized carbons (Fsp3) is 0.174. The van der Waals surface area contributed by atoms with Crippen molar-refractivity contribution in [3.63, 3.8) is 0 Å². The van der Waals surface area contributed by atoms with Crippen molar-refractivity contribution in [2.75, 3.05) is 0 Å². The Morgan fingerprint density at radius 2 is 1.72 bits per heavy atom. The van der Waals surface area contributed by atoms with E-state index in [1.807, 2.05) is 85.4 Å². The Bertz CT molecular complexity index is 1100. The fourth-order valence-electron chi connectivity index (χ4n) is 3.29. The molecule has 6 nitrogen and oxygen atoms in total. The van der Waals surface area contributed by atoms with Crippen LogP contribution in [0.15, 0.2) is 73.1 Å². The largest absolute Gasteiger partial charge is 0.457 e. The molecule has 0 N–H and O–H groups in total. The van der Waals surface area contributed by atoms with Crippen molar-refractivity contribution in [1.82, 2.24) is 19.6 Å². The van der Waals surface area contributed by atoms with Crippen LogP contribution < -0.4 is 0 Å². The van der Waals surface area contributed by atoms with Crippen LogP contribution in [0.4, 0.5) is 0 Å². The van der Waals surface area contributed by atoms with Gasteiger partial charge < -0.3 is 4.74 Å². The van der Waals surface area contributed by atoms with Crippen molar-refractivity contribution in [3.05, 3.63) is 101 Å². The minimum Gasteiger partial charge on any atom is -0.457 e. The molecule has 4 rings (SSSR count). The number of rotatable bonds is 6. The maximum Gasteiger partial charge on any atom is 0.342 e. The third-order valence-electron chi connectivity index (χ3n) is 4.84. The zero-order chi connectivity index (χ0) is 20.2. The van der Waals surface area contributed by atoms with E-state index in [9.17, 15) is 4.79 Å². The van der Waals surface area contributed by atoms with E-state index in [2.05, 4.69) is 10.2 Å². The molecule has 4 aromatic rings. The second-order valence-electron chi connectivity index (χ2n) is 6.88. The number of carbonyl (C=O) groups excluding carboxylic acids is 1. The van der Waals surface area contributed by atoms with E-state index < -0.39 is 0 Å². The summed E-state index contributed by atoms with van der Waals surface area (Å²) < 4.78 is 9.18. The Labute approximate surface area is 169 Å². The molecule has 0 bridgehead atoms. The molecule has 0 spiro atoms. The van der Waals surface area contributed by atoms with E-state index in [1.54, 1.807) is 10.9 Å². The molecular formula is C23H22N4O2. The van der Waals surface area contributed by atoms with Crippen molar-refractivity contribution < 1.29 is 9.53 Å². The summed E-state index contributed by atoms with van der Waals surface area (Å²) in [5, 5.41) is 8.73. The molecule has 0 saturated carbocycles. The molecule has 29 heavy (non-hydrogen) atoms. The summed E-state index contributed by atoms with van der Waals surface area (Å²) in [5.41, 5.74) is 5.03. The highest BCUT2D eigenvalue weighted by Crippen LogP contribution is 2.17. The molecule has 0 amide bonds. The van der Waals surface area contributed by atoms with Crippen molar-refractivity contribution in [3.8, 4) is 5.69 Å². The molecule has 0 aliphatic rings. The van der Waals surface area contributed by atoms with Gasteiger partial charge in [-0.3, -0.25) is 4.68 Å². The standard InChI is InChI=1S/C23H22N4O2/c1-17-22(18(2)27(25-17)15-19-7-4-3-5-8-19)23(28)29-16-20-9-11-21(12-10-20)26-14-6-13-24-26/h3-14H,15-16H2,1-2H3. The van der Waals surface area contributed by atoms with Gasteiger partial charge in [0.15, 0.2) is 0 Å². The molecule has 0 aliphatic heterocycles. The van der Waals surface area contributed by atoms with Crippen molar-refractivity contribution in [2.24, 2.45) is 0 Å². The van der Waals surface area contributed by atoms with Gasteiger partial charge in [0.25, 0.3) is 0 Å². The zero-order valence-corrected chi connectivity index (χ0v) is 16.4. The molecule has 0 aliphatic carbocycles. The number of aryl methyl sites for hydroxylation is 1. The maximum absolute atomic E-state index is 12.7. The molecule has 0 saturated heterocycles. The summed E-state index contributed by atoms with van der Waals surface area (Å²) in [6, 6.07) is 19.7. The van der Waals surface area contributed by atoms with Crippen LogP contribution in [0, 0.1) is 13.8 Å². The Morgan fingerprint density at radius 3 is 2.41 bits per heavy atom. The number of hydrogen-bond donors (Lipinski definition) is 0. The lowest BCUT2D eigenvalue weighted by Gasteiger charge is -2.08. The quantitative estimate of drug-likeness (QED) is 0.468. The van der Waals surface area contributed by atoms with E-state index >= 15 is 0 Å². The minimum atomic E-state index is -0.351. The maximum atomic E-state index is 12.7. The third kappa shape index (κ3) is 4.11. The molecule has 2 aromatic carbocycles. The van der Waals surface area contributed by atoms with E-state index in [1.165, 1.54) is 0 Å². The summed E-state index contributed by atoms with van der Waals surface area (Å²) in [5.74, 6) is -0.351. The van der Waals surface area contributed by atoms with Gasteiger partial charge in [-0.15, -0.1) is 0 Å². The highest BCUT2D eigenvalue weighted by atomic mass is 16.5. The topological polar surface area (TPSA) is 61.9 Å². The average molecular weight is 386 g/mol. The van der Waals surface area contributed by atoms with Crippen LogP contribution in [-0.2, 0) is 17.9 Å². The SMILES string of the molecule is Cc1nn(Cc2ccccc2)c(C)c1C(=O)OCc1ccc(-n2cccn2)cc1. The van der Waals surface area contributed by atoms with Gasteiger partial charge in [-0.2, -0.15) is 10.2 Å². The Balaban J connectivity index is 1.43. The Morgan fingerprint density at radius 1 is 0.966 bits per heavy atom. The van der Waals surface area contributed by atoms with Crippen LogP contribution in [0.3, 0.4) is 0 Å². The van der Waals surface area contributed by atoms with Gasteiger partial charge in [-0.25, -0.2) is 9.48 Å². The molecule has 0 atom stereocenters. The zero-order valence-electron chi connectivity index (χ0n) is 16.4. The number of ether oxygens (including phenoxy) is 1. The first-order chi connectivity index (χ1) is 14.1. The average Bonchev–Trinajstić information content (AvgIpc) is 3.36. The Kier molecular flexibility index (Phi) is 5.24. The van der Waals surface area contributed by atoms with Gasteiger partial charge in [0, 0.05) is 12.4 Å². The molecule has 0 unspecified atom stereocenters. The number of nitrogens with zero attached hydrogens (tertiary/aromatic N) is 4. The lowest BCUT2D eigenvalue weighted by atomic mass is 10.2. The summed E-state index contributed by atoms with van der Waals surface area (Å²) in [6.07, 6.45) is 3.62.